The third kappa shape index (κ3) is 3.84. The summed E-state index contributed by atoms with van der Waals surface area (Å²) in [5.74, 6) is 0.893. The normalized spacial score (nSPS) is 23.8. The fourth-order valence-corrected chi connectivity index (χ4v) is 2.84. The van der Waals surface area contributed by atoms with Crippen LogP contribution in [0.3, 0.4) is 0 Å². The van der Waals surface area contributed by atoms with Crippen LogP contribution in [0.2, 0.25) is 0 Å². The van der Waals surface area contributed by atoms with Gasteiger partial charge >= 0.3 is 0 Å². The van der Waals surface area contributed by atoms with E-state index in [1.807, 2.05) is 43.5 Å². The van der Waals surface area contributed by atoms with E-state index in [9.17, 15) is 5.11 Å². The molecule has 0 radical (unpaired) electrons. The highest BCUT2D eigenvalue weighted by molar-refractivity contribution is 5.33. The van der Waals surface area contributed by atoms with Crippen molar-refractivity contribution in [3.8, 4) is 5.75 Å². The number of para-hydroxylation sites is 1. The molecule has 4 heteroatoms. The third-order valence-corrected chi connectivity index (χ3v) is 4.04. The van der Waals surface area contributed by atoms with Gasteiger partial charge in [0.2, 0.25) is 0 Å². The lowest BCUT2D eigenvalue weighted by Crippen LogP contribution is -2.51. The summed E-state index contributed by atoms with van der Waals surface area (Å²) < 4.78 is 5.92. The number of benzene rings is 1. The second-order valence-electron chi connectivity index (χ2n) is 6.24. The van der Waals surface area contributed by atoms with E-state index in [2.05, 4.69) is 16.4 Å². The van der Waals surface area contributed by atoms with Crippen LogP contribution in [0.25, 0.3) is 0 Å². The van der Waals surface area contributed by atoms with E-state index < -0.39 is 5.60 Å². The molecule has 0 saturated heterocycles. The smallest absolute Gasteiger partial charge is 0.124 e. The zero-order valence-electron chi connectivity index (χ0n) is 12.8. The monoisotopic (exact) mass is 298 g/mol. The molecule has 2 aromatic rings. The molecular formula is C18H22N2O2. The molecule has 0 bridgehead atoms. The Morgan fingerprint density at radius 1 is 1.27 bits per heavy atom. The molecule has 4 nitrogen and oxygen atoms in total. The van der Waals surface area contributed by atoms with Crippen LogP contribution in [0.5, 0.6) is 5.75 Å². The number of pyridine rings is 1. The summed E-state index contributed by atoms with van der Waals surface area (Å²) in [7, 11) is 0. The molecule has 1 aromatic carbocycles. The van der Waals surface area contributed by atoms with E-state index >= 15 is 0 Å². The second kappa shape index (κ2) is 6.46. The average molecular weight is 298 g/mol. The number of ether oxygens (including phenoxy) is 1. The Morgan fingerprint density at radius 2 is 2.09 bits per heavy atom. The summed E-state index contributed by atoms with van der Waals surface area (Å²) in [6.07, 6.45) is 5.20. The molecule has 0 unspecified atom stereocenters. The van der Waals surface area contributed by atoms with Gasteiger partial charge in [0.25, 0.3) is 0 Å². The molecule has 1 fully saturated rings. The average Bonchev–Trinajstić information content (AvgIpc) is 2.50. The van der Waals surface area contributed by atoms with Gasteiger partial charge in [0, 0.05) is 36.1 Å². The molecule has 116 valence electrons. The maximum Gasteiger partial charge on any atom is 0.124 e. The highest BCUT2D eigenvalue weighted by Gasteiger charge is 2.37. The zero-order chi connectivity index (χ0) is 15.4. The van der Waals surface area contributed by atoms with Gasteiger partial charge < -0.3 is 15.2 Å². The molecule has 1 heterocycles. The Kier molecular flexibility index (Phi) is 4.41. The fraction of sp³-hybridized carbons (Fsp3) is 0.389. The first-order valence-electron chi connectivity index (χ1n) is 7.68. The van der Waals surface area contributed by atoms with Crippen LogP contribution >= 0.6 is 0 Å². The van der Waals surface area contributed by atoms with Gasteiger partial charge in [-0.3, -0.25) is 4.98 Å². The van der Waals surface area contributed by atoms with Gasteiger partial charge in [-0.2, -0.15) is 0 Å². The van der Waals surface area contributed by atoms with E-state index in [0.717, 1.165) is 36.3 Å². The van der Waals surface area contributed by atoms with Crippen LogP contribution in [-0.4, -0.2) is 21.7 Å². The predicted octanol–water partition coefficient (Wildman–Crippen LogP) is 2.66. The number of nitrogens with zero attached hydrogens (tertiary/aromatic N) is 1. The van der Waals surface area contributed by atoms with E-state index in [4.69, 9.17) is 4.74 Å². The van der Waals surface area contributed by atoms with Crippen molar-refractivity contribution < 1.29 is 9.84 Å². The Balaban J connectivity index is 1.56. The van der Waals surface area contributed by atoms with Crippen LogP contribution < -0.4 is 10.1 Å². The largest absolute Gasteiger partial charge is 0.489 e. The maximum absolute atomic E-state index is 9.78. The molecular weight excluding hydrogens is 276 g/mol. The first-order valence-corrected chi connectivity index (χ1v) is 7.68. The van der Waals surface area contributed by atoms with E-state index in [-0.39, 0.29) is 0 Å². The van der Waals surface area contributed by atoms with Crippen molar-refractivity contribution in [3.63, 3.8) is 0 Å². The Bertz CT molecular complexity index is 605. The summed E-state index contributed by atoms with van der Waals surface area (Å²) in [5.41, 5.74) is 1.70. The van der Waals surface area contributed by atoms with Crippen molar-refractivity contribution >= 4 is 0 Å². The van der Waals surface area contributed by atoms with Crippen molar-refractivity contribution in [2.24, 2.45) is 0 Å². The standard InChI is InChI=1S/C18H22N2O2/c1-18(21)9-16(10-18)20-12-15-6-2-3-7-17(15)22-13-14-5-4-8-19-11-14/h2-8,11,16,20-21H,9-10,12-13H2,1H3. The number of hydrogen-bond donors (Lipinski definition) is 2. The molecule has 1 saturated carbocycles. The summed E-state index contributed by atoms with van der Waals surface area (Å²) in [6.45, 7) is 3.16. The fourth-order valence-electron chi connectivity index (χ4n) is 2.84. The molecule has 0 amide bonds. The summed E-state index contributed by atoms with van der Waals surface area (Å²) >= 11 is 0. The highest BCUT2D eigenvalue weighted by Crippen LogP contribution is 2.31. The molecule has 3 rings (SSSR count). The number of nitrogens with one attached hydrogen (secondary N) is 1. The number of aromatic nitrogens is 1. The van der Waals surface area contributed by atoms with Crippen LogP contribution in [0, 0.1) is 0 Å². The molecule has 0 spiro atoms. The third-order valence-electron chi connectivity index (χ3n) is 4.04. The first-order chi connectivity index (χ1) is 10.6. The minimum Gasteiger partial charge on any atom is -0.489 e. The Hall–Kier alpha value is -1.91. The van der Waals surface area contributed by atoms with Crippen molar-refractivity contribution in [1.82, 2.24) is 10.3 Å². The summed E-state index contributed by atoms with van der Waals surface area (Å²) in [6, 6.07) is 12.4. The number of hydrogen-bond acceptors (Lipinski definition) is 4. The summed E-state index contributed by atoms with van der Waals surface area (Å²) in [4.78, 5) is 4.10. The van der Waals surface area contributed by atoms with Gasteiger partial charge in [-0.25, -0.2) is 0 Å². The topological polar surface area (TPSA) is 54.4 Å². The van der Waals surface area contributed by atoms with Gasteiger partial charge in [-0.1, -0.05) is 24.3 Å². The van der Waals surface area contributed by atoms with Gasteiger partial charge in [-0.05, 0) is 31.9 Å². The molecule has 1 aliphatic carbocycles. The number of rotatable bonds is 6. The van der Waals surface area contributed by atoms with Crippen molar-refractivity contribution in [1.29, 1.82) is 0 Å². The van der Waals surface area contributed by atoms with Gasteiger partial charge in [0.05, 0.1) is 5.60 Å². The summed E-state index contributed by atoms with van der Waals surface area (Å²) in [5, 5.41) is 13.3. The van der Waals surface area contributed by atoms with Crippen LogP contribution in [0.4, 0.5) is 0 Å². The van der Waals surface area contributed by atoms with E-state index in [1.54, 1.807) is 6.20 Å². The lowest BCUT2D eigenvalue weighted by molar-refractivity contribution is -0.0393. The number of aliphatic hydroxyl groups is 1. The van der Waals surface area contributed by atoms with Gasteiger partial charge in [0.1, 0.15) is 12.4 Å². The molecule has 0 atom stereocenters. The van der Waals surface area contributed by atoms with Gasteiger partial charge in [0.15, 0.2) is 0 Å². The zero-order valence-corrected chi connectivity index (χ0v) is 12.8. The highest BCUT2D eigenvalue weighted by atomic mass is 16.5. The van der Waals surface area contributed by atoms with E-state index in [1.165, 1.54) is 0 Å². The lowest BCUT2D eigenvalue weighted by Gasteiger charge is -2.41. The Labute approximate surface area is 131 Å². The molecule has 22 heavy (non-hydrogen) atoms. The minimum atomic E-state index is -0.492. The quantitative estimate of drug-likeness (QED) is 0.861. The maximum atomic E-state index is 9.78. The minimum absolute atomic E-state index is 0.390. The SMILES string of the molecule is CC1(O)CC(NCc2ccccc2OCc2cccnc2)C1. The molecule has 0 aliphatic heterocycles. The molecule has 1 aliphatic rings. The van der Waals surface area contributed by atoms with E-state index in [0.29, 0.717) is 12.6 Å². The molecule has 1 aromatic heterocycles. The lowest BCUT2D eigenvalue weighted by atomic mass is 9.77. The molecule has 2 N–H and O–H groups in total. The van der Waals surface area contributed by atoms with Crippen LogP contribution in [-0.2, 0) is 13.2 Å². The van der Waals surface area contributed by atoms with Crippen LogP contribution in [0.1, 0.15) is 30.9 Å². The van der Waals surface area contributed by atoms with Gasteiger partial charge in [-0.15, -0.1) is 0 Å². The van der Waals surface area contributed by atoms with Crippen LogP contribution in [0.15, 0.2) is 48.8 Å². The van der Waals surface area contributed by atoms with Crippen molar-refractivity contribution in [2.75, 3.05) is 0 Å². The second-order valence-corrected chi connectivity index (χ2v) is 6.24. The predicted molar refractivity (Wildman–Crippen MR) is 85.5 cm³/mol. The van der Waals surface area contributed by atoms with Crippen molar-refractivity contribution in [3.05, 3.63) is 59.9 Å². The Morgan fingerprint density at radius 3 is 2.82 bits per heavy atom. The van der Waals surface area contributed by atoms with Crippen molar-refractivity contribution in [2.45, 2.75) is 44.6 Å². The first kappa shape index (κ1) is 15.0.